The zero-order chi connectivity index (χ0) is 8.27. The summed E-state index contributed by atoms with van der Waals surface area (Å²) >= 11 is 5.78. The van der Waals surface area contributed by atoms with Gasteiger partial charge in [-0.15, -0.1) is 0 Å². The van der Waals surface area contributed by atoms with E-state index in [-0.39, 0.29) is 0 Å². The minimum absolute atomic E-state index is 0.421. The highest BCUT2D eigenvalue weighted by Crippen LogP contribution is 2.26. The van der Waals surface area contributed by atoms with Crippen LogP contribution in [0.15, 0.2) is 10.6 Å². The van der Waals surface area contributed by atoms with Gasteiger partial charge in [0.25, 0.3) is 0 Å². The Kier molecular flexibility index (Phi) is 2.94. The number of aliphatic carboxylic acids is 1. The molecule has 0 bridgehead atoms. The third-order valence-corrected chi connectivity index (χ3v) is 2.33. The Hall–Kier alpha value is -0.500. The predicted molar refractivity (Wildman–Crippen MR) is 43.6 cm³/mol. The van der Waals surface area contributed by atoms with Crippen LogP contribution in [-0.2, 0) is 4.79 Å². The maximum atomic E-state index is 10.6. The Morgan fingerprint density at radius 1 is 1.27 bits per heavy atom. The molecule has 62 valence electrons. The van der Waals surface area contributed by atoms with Gasteiger partial charge in [-0.25, -0.2) is 4.79 Å². The van der Waals surface area contributed by atoms with Crippen molar-refractivity contribution in [2.45, 2.75) is 32.1 Å². The fourth-order valence-corrected chi connectivity index (χ4v) is 1.58. The molecule has 2 nitrogen and oxygen atoms in total. The van der Waals surface area contributed by atoms with Gasteiger partial charge in [0.15, 0.2) is 0 Å². The highest BCUT2D eigenvalue weighted by atomic mass is 35.5. The molecular weight excluding hydrogens is 164 g/mol. The van der Waals surface area contributed by atoms with Gasteiger partial charge in [0.2, 0.25) is 0 Å². The largest absolute Gasteiger partial charge is 0.478 e. The minimum atomic E-state index is -0.850. The summed E-state index contributed by atoms with van der Waals surface area (Å²) in [5.41, 5.74) is 0.421. The lowest BCUT2D eigenvalue weighted by molar-refractivity contribution is -0.132. The molecule has 0 saturated heterocycles. The van der Waals surface area contributed by atoms with Gasteiger partial charge < -0.3 is 5.11 Å². The molecular formula is C8H11ClO2. The van der Waals surface area contributed by atoms with Crippen LogP contribution in [0.25, 0.3) is 0 Å². The summed E-state index contributed by atoms with van der Waals surface area (Å²) in [6.45, 7) is 0. The van der Waals surface area contributed by atoms with Gasteiger partial charge in [-0.05, 0) is 25.7 Å². The van der Waals surface area contributed by atoms with Crippen molar-refractivity contribution < 1.29 is 9.90 Å². The molecule has 0 heterocycles. The summed E-state index contributed by atoms with van der Waals surface area (Å²) in [5.74, 6) is -0.850. The predicted octanol–water partition coefficient (Wildman–Crippen LogP) is 2.53. The Bertz CT molecular complexity index is 196. The molecule has 1 rings (SSSR count). The molecule has 11 heavy (non-hydrogen) atoms. The summed E-state index contributed by atoms with van der Waals surface area (Å²) in [6.07, 6.45) is 4.44. The minimum Gasteiger partial charge on any atom is -0.478 e. The molecule has 1 aliphatic carbocycles. The lowest BCUT2D eigenvalue weighted by Gasteiger charge is -1.99. The Morgan fingerprint density at radius 3 is 2.55 bits per heavy atom. The molecule has 0 aromatic heterocycles. The summed E-state index contributed by atoms with van der Waals surface area (Å²) in [6, 6.07) is 0. The van der Waals surface area contributed by atoms with Gasteiger partial charge in [-0.1, -0.05) is 18.0 Å². The van der Waals surface area contributed by atoms with Gasteiger partial charge in [-0.2, -0.15) is 0 Å². The first-order valence-corrected chi connectivity index (χ1v) is 4.20. The fraction of sp³-hybridized carbons (Fsp3) is 0.625. The van der Waals surface area contributed by atoms with E-state index in [0.717, 1.165) is 25.7 Å². The molecule has 0 unspecified atom stereocenters. The van der Waals surface area contributed by atoms with E-state index in [9.17, 15) is 4.79 Å². The molecule has 3 heteroatoms. The van der Waals surface area contributed by atoms with Crippen molar-refractivity contribution in [3.8, 4) is 0 Å². The molecule has 0 amide bonds. The molecule has 1 N–H and O–H groups in total. The Balaban J connectivity index is 2.76. The van der Waals surface area contributed by atoms with Crippen molar-refractivity contribution >= 4 is 17.6 Å². The molecule has 0 atom stereocenters. The lowest BCUT2D eigenvalue weighted by atomic mass is 10.1. The van der Waals surface area contributed by atoms with Gasteiger partial charge >= 0.3 is 5.97 Å². The number of hydrogen-bond acceptors (Lipinski definition) is 1. The van der Waals surface area contributed by atoms with E-state index >= 15 is 0 Å². The molecule has 0 aliphatic heterocycles. The van der Waals surface area contributed by atoms with E-state index in [1.54, 1.807) is 0 Å². The second-order valence-corrected chi connectivity index (χ2v) is 3.21. The molecule has 0 aromatic rings. The van der Waals surface area contributed by atoms with E-state index in [1.165, 1.54) is 0 Å². The van der Waals surface area contributed by atoms with Crippen LogP contribution in [-0.4, -0.2) is 11.1 Å². The molecule has 0 saturated carbocycles. The van der Waals surface area contributed by atoms with E-state index < -0.39 is 5.97 Å². The summed E-state index contributed by atoms with van der Waals surface area (Å²) < 4.78 is 0. The molecule has 0 spiro atoms. The first kappa shape index (κ1) is 8.60. The average molecular weight is 175 g/mol. The average Bonchev–Trinajstić information content (AvgIpc) is 2.13. The Labute approximate surface area is 70.9 Å². The lowest BCUT2D eigenvalue weighted by Crippen LogP contribution is -2.01. The van der Waals surface area contributed by atoms with Gasteiger partial charge in [-0.3, -0.25) is 0 Å². The number of carbonyl (C=O) groups is 1. The van der Waals surface area contributed by atoms with Crippen LogP contribution < -0.4 is 0 Å². The van der Waals surface area contributed by atoms with E-state index in [4.69, 9.17) is 16.7 Å². The van der Waals surface area contributed by atoms with Gasteiger partial charge in [0, 0.05) is 5.03 Å². The zero-order valence-electron chi connectivity index (χ0n) is 6.27. The first-order valence-electron chi connectivity index (χ1n) is 3.82. The number of halogens is 1. The number of carboxylic acids is 1. The zero-order valence-corrected chi connectivity index (χ0v) is 7.02. The monoisotopic (exact) mass is 174 g/mol. The summed E-state index contributed by atoms with van der Waals surface area (Å²) in [7, 11) is 0. The van der Waals surface area contributed by atoms with Crippen molar-refractivity contribution in [2.75, 3.05) is 0 Å². The highest BCUT2D eigenvalue weighted by molar-refractivity contribution is 6.31. The van der Waals surface area contributed by atoms with Crippen LogP contribution in [0.1, 0.15) is 32.1 Å². The van der Waals surface area contributed by atoms with Crippen molar-refractivity contribution in [2.24, 2.45) is 0 Å². The number of hydrogen-bond donors (Lipinski definition) is 1. The van der Waals surface area contributed by atoms with E-state index in [2.05, 4.69) is 0 Å². The fourth-order valence-electron chi connectivity index (χ4n) is 1.27. The van der Waals surface area contributed by atoms with Crippen LogP contribution >= 0.6 is 11.6 Å². The van der Waals surface area contributed by atoms with Crippen LogP contribution in [0.4, 0.5) is 0 Å². The van der Waals surface area contributed by atoms with Crippen LogP contribution in [0.2, 0.25) is 0 Å². The Morgan fingerprint density at radius 2 is 1.91 bits per heavy atom. The topological polar surface area (TPSA) is 37.3 Å². The van der Waals surface area contributed by atoms with Crippen molar-refractivity contribution in [1.82, 2.24) is 0 Å². The normalized spacial score (nSPS) is 19.7. The molecule has 0 aromatic carbocycles. The van der Waals surface area contributed by atoms with Crippen molar-refractivity contribution in [3.05, 3.63) is 10.6 Å². The number of allylic oxidation sites excluding steroid dienone is 1. The molecule has 1 aliphatic rings. The second-order valence-electron chi connectivity index (χ2n) is 2.75. The van der Waals surface area contributed by atoms with Gasteiger partial charge in [0.1, 0.15) is 0 Å². The third-order valence-electron chi connectivity index (χ3n) is 1.91. The van der Waals surface area contributed by atoms with E-state index in [1.807, 2.05) is 0 Å². The first-order chi connectivity index (χ1) is 5.22. The second kappa shape index (κ2) is 3.77. The van der Waals surface area contributed by atoms with Crippen LogP contribution in [0, 0.1) is 0 Å². The van der Waals surface area contributed by atoms with E-state index in [0.29, 0.717) is 17.0 Å². The standard InChI is InChI=1S/C8H11ClO2/c9-7-5-3-1-2-4-6(7)8(10)11/h1-5H2,(H,10,11). The maximum Gasteiger partial charge on any atom is 0.332 e. The summed E-state index contributed by atoms with van der Waals surface area (Å²) in [4.78, 5) is 10.6. The van der Waals surface area contributed by atoms with Crippen LogP contribution in [0.5, 0.6) is 0 Å². The number of rotatable bonds is 1. The maximum absolute atomic E-state index is 10.6. The SMILES string of the molecule is O=C(O)C1=C(Cl)CCCCC1. The molecule has 0 fully saturated rings. The smallest absolute Gasteiger partial charge is 0.332 e. The third kappa shape index (κ3) is 2.22. The van der Waals surface area contributed by atoms with Crippen LogP contribution in [0.3, 0.4) is 0 Å². The highest BCUT2D eigenvalue weighted by Gasteiger charge is 2.14. The van der Waals surface area contributed by atoms with Crippen molar-refractivity contribution in [3.63, 3.8) is 0 Å². The number of carboxylic acid groups (broad SMARTS) is 1. The van der Waals surface area contributed by atoms with Gasteiger partial charge in [0.05, 0.1) is 5.57 Å². The molecule has 0 radical (unpaired) electrons. The quantitative estimate of drug-likeness (QED) is 0.664. The summed E-state index contributed by atoms with van der Waals surface area (Å²) in [5, 5.41) is 9.24. The van der Waals surface area contributed by atoms with Crippen molar-refractivity contribution in [1.29, 1.82) is 0 Å².